The molecule has 2 heterocycles. The Morgan fingerprint density at radius 2 is 1.82 bits per heavy atom. The van der Waals surface area contributed by atoms with E-state index in [1.165, 1.54) is 36.1 Å². The first kappa shape index (κ1) is 24.4. The molecule has 0 radical (unpaired) electrons. The van der Waals surface area contributed by atoms with Gasteiger partial charge in [-0.2, -0.15) is 0 Å². The van der Waals surface area contributed by atoms with Crippen LogP contribution >= 0.6 is 11.3 Å². The fraction of sp³-hybridized carbons (Fsp3) is 0.429. The minimum atomic E-state index is -0.172. The minimum absolute atomic E-state index is 0.172. The normalized spacial score (nSPS) is 14.7. The molecular weight excluding hydrogens is 442 g/mol. The summed E-state index contributed by atoms with van der Waals surface area (Å²) in [4.78, 5) is 21.0. The van der Waals surface area contributed by atoms with Crippen LogP contribution in [0.15, 0.2) is 60.8 Å². The predicted molar refractivity (Wildman–Crippen MR) is 140 cm³/mol. The minimum Gasteiger partial charge on any atom is -0.493 e. The number of unbranched alkanes of at least 4 members (excludes halogenated alkanes) is 3. The summed E-state index contributed by atoms with van der Waals surface area (Å²) < 4.78 is 5.90. The SMILES string of the molecule is CCCCCCOc1ccccc1C(=O)Nc1ncc(CN2CCC(c3ccccc3)CC2)s1. The molecule has 180 valence electrons. The fourth-order valence-electron chi connectivity index (χ4n) is 4.46. The van der Waals surface area contributed by atoms with Gasteiger partial charge in [-0.25, -0.2) is 4.98 Å². The number of hydrogen-bond donors (Lipinski definition) is 1. The molecule has 0 aliphatic carbocycles. The second-order valence-electron chi connectivity index (χ2n) is 8.95. The van der Waals surface area contributed by atoms with Crippen LogP contribution in [0.3, 0.4) is 0 Å². The van der Waals surface area contributed by atoms with Gasteiger partial charge in [0, 0.05) is 17.6 Å². The van der Waals surface area contributed by atoms with Gasteiger partial charge in [-0.15, -0.1) is 11.3 Å². The maximum Gasteiger partial charge on any atom is 0.261 e. The highest BCUT2D eigenvalue weighted by Crippen LogP contribution is 2.30. The second kappa shape index (κ2) is 12.7. The Balaban J connectivity index is 1.27. The van der Waals surface area contributed by atoms with E-state index in [-0.39, 0.29) is 5.91 Å². The van der Waals surface area contributed by atoms with Crippen molar-refractivity contribution in [3.63, 3.8) is 0 Å². The lowest BCUT2D eigenvalue weighted by molar-refractivity contribution is 0.102. The quantitative estimate of drug-likeness (QED) is 0.311. The highest BCUT2D eigenvalue weighted by Gasteiger charge is 2.21. The van der Waals surface area contributed by atoms with Gasteiger partial charge in [0.15, 0.2) is 5.13 Å². The number of hydrogen-bond acceptors (Lipinski definition) is 5. The number of thiazole rings is 1. The lowest BCUT2D eigenvalue weighted by Crippen LogP contribution is -2.32. The first-order valence-corrected chi connectivity index (χ1v) is 13.3. The summed E-state index contributed by atoms with van der Waals surface area (Å²) in [6, 6.07) is 18.3. The number of piperidine rings is 1. The van der Waals surface area contributed by atoms with Crippen LogP contribution in [0.25, 0.3) is 0 Å². The Labute approximate surface area is 207 Å². The van der Waals surface area contributed by atoms with Crippen LogP contribution < -0.4 is 10.1 Å². The molecule has 0 atom stereocenters. The molecule has 0 bridgehead atoms. The van der Waals surface area contributed by atoms with Crippen LogP contribution in [-0.4, -0.2) is 35.5 Å². The molecule has 5 nitrogen and oxygen atoms in total. The molecule has 34 heavy (non-hydrogen) atoms. The zero-order chi connectivity index (χ0) is 23.6. The van der Waals surface area contributed by atoms with Crippen molar-refractivity contribution in [1.29, 1.82) is 0 Å². The molecule has 4 rings (SSSR count). The third-order valence-electron chi connectivity index (χ3n) is 6.40. The van der Waals surface area contributed by atoms with Crippen molar-refractivity contribution < 1.29 is 9.53 Å². The number of aromatic nitrogens is 1. The molecule has 1 saturated heterocycles. The molecule has 3 aromatic rings. The van der Waals surface area contributed by atoms with Gasteiger partial charge in [-0.1, -0.05) is 68.7 Å². The zero-order valence-electron chi connectivity index (χ0n) is 20.0. The first-order chi connectivity index (χ1) is 16.7. The smallest absolute Gasteiger partial charge is 0.261 e. The van der Waals surface area contributed by atoms with Gasteiger partial charge in [-0.05, 0) is 56.0 Å². The summed E-state index contributed by atoms with van der Waals surface area (Å²) >= 11 is 1.55. The molecule has 1 fully saturated rings. The molecule has 1 amide bonds. The molecule has 0 saturated carbocycles. The van der Waals surface area contributed by atoms with Crippen molar-refractivity contribution in [2.45, 2.75) is 57.9 Å². The van der Waals surface area contributed by atoms with E-state index in [1.807, 2.05) is 30.5 Å². The third kappa shape index (κ3) is 6.90. The van der Waals surface area contributed by atoms with E-state index in [9.17, 15) is 4.79 Å². The standard InChI is InChI=1S/C28H35N3O2S/c1-2-3-4-10-19-33-26-14-9-8-13-25(26)27(32)30-28-29-20-24(34-28)21-31-17-15-23(16-18-31)22-11-6-5-7-12-22/h5-9,11-14,20,23H,2-4,10,15-19,21H2,1H3,(H,29,30,32). The lowest BCUT2D eigenvalue weighted by atomic mass is 9.89. The van der Waals surface area contributed by atoms with Gasteiger partial charge in [0.25, 0.3) is 5.91 Å². The summed E-state index contributed by atoms with van der Waals surface area (Å²) in [5, 5.41) is 3.60. The van der Waals surface area contributed by atoms with E-state index in [2.05, 4.69) is 52.5 Å². The molecule has 1 N–H and O–H groups in total. The van der Waals surface area contributed by atoms with Gasteiger partial charge in [0.05, 0.1) is 12.2 Å². The largest absolute Gasteiger partial charge is 0.493 e. The topological polar surface area (TPSA) is 54.5 Å². The zero-order valence-corrected chi connectivity index (χ0v) is 20.9. The molecule has 1 aromatic heterocycles. The van der Waals surface area contributed by atoms with Crippen molar-refractivity contribution in [1.82, 2.24) is 9.88 Å². The van der Waals surface area contributed by atoms with Crippen LogP contribution in [0.1, 0.15) is 72.2 Å². The van der Waals surface area contributed by atoms with Crippen molar-refractivity contribution in [2.24, 2.45) is 0 Å². The van der Waals surface area contributed by atoms with Crippen LogP contribution in [0.4, 0.5) is 5.13 Å². The number of likely N-dealkylation sites (tertiary alicyclic amines) is 1. The van der Waals surface area contributed by atoms with E-state index in [4.69, 9.17) is 4.74 Å². The molecule has 1 aliphatic heterocycles. The highest BCUT2D eigenvalue weighted by atomic mass is 32.1. The van der Waals surface area contributed by atoms with Crippen LogP contribution in [0, 0.1) is 0 Å². The molecule has 1 aliphatic rings. The Bertz CT molecular complexity index is 1030. The number of para-hydroxylation sites is 1. The number of anilines is 1. The number of amides is 1. The number of benzene rings is 2. The molecule has 2 aromatic carbocycles. The van der Waals surface area contributed by atoms with Crippen molar-refractivity contribution in [2.75, 3.05) is 25.0 Å². The predicted octanol–water partition coefficient (Wildman–Crippen LogP) is 6.73. The number of nitrogens with zero attached hydrogens (tertiary/aromatic N) is 2. The van der Waals surface area contributed by atoms with Gasteiger partial charge in [0.1, 0.15) is 5.75 Å². The average molecular weight is 478 g/mol. The van der Waals surface area contributed by atoms with Gasteiger partial charge in [-0.3, -0.25) is 15.0 Å². The number of carbonyl (C=O) groups is 1. The fourth-order valence-corrected chi connectivity index (χ4v) is 5.31. The van der Waals surface area contributed by atoms with E-state index < -0.39 is 0 Å². The highest BCUT2D eigenvalue weighted by molar-refractivity contribution is 7.15. The number of nitrogens with one attached hydrogen (secondary N) is 1. The number of rotatable bonds is 11. The first-order valence-electron chi connectivity index (χ1n) is 12.5. The van der Waals surface area contributed by atoms with Crippen LogP contribution in [-0.2, 0) is 6.54 Å². The molecule has 0 unspecified atom stereocenters. The molecule has 6 heteroatoms. The maximum absolute atomic E-state index is 12.9. The maximum atomic E-state index is 12.9. The Morgan fingerprint density at radius 1 is 1.06 bits per heavy atom. The van der Waals surface area contributed by atoms with E-state index in [0.29, 0.717) is 29.0 Å². The summed E-state index contributed by atoms with van der Waals surface area (Å²) in [5.41, 5.74) is 2.01. The average Bonchev–Trinajstić information content (AvgIpc) is 3.31. The van der Waals surface area contributed by atoms with E-state index >= 15 is 0 Å². The Morgan fingerprint density at radius 3 is 2.62 bits per heavy atom. The third-order valence-corrected chi connectivity index (χ3v) is 7.30. The van der Waals surface area contributed by atoms with Crippen LogP contribution in [0.5, 0.6) is 5.75 Å². The Hall–Kier alpha value is -2.70. The summed E-state index contributed by atoms with van der Waals surface area (Å²) in [5.74, 6) is 1.12. The number of ether oxygens (including phenoxy) is 1. The van der Waals surface area contributed by atoms with Gasteiger partial charge >= 0.3 is 0 Å². The summed E-state index contributed by atoms with van der Waals surface area (Å²) in [7, 11) is 0. The van der Waals surface area contributed by atoms with E-state index in [1.54, 1.807) is 11.3 Å². The lowest BCUT2D eigenvalue weighted by Gasteiger charge is -2.31. The number of carbonyl (C=O) groups excluding carboxylic acids is 1. The van der Waals surface area contributed by atoms with Crippen molar-refractivity contribution in [3.8, 4) is 5.75 Å². The second-order valence-corrected chi connectivity index (χ2v) is 10.1. The summed E-state index contributed by atoms with van der Waals surface area (Å²) in [6.45, 7) is 5.88. The summed E-state index contributed by atoms with van der Waals surface area (Å²) in [6.07, 6.45) is 8.81. The molecular formula is C28H35N3O2S. The van der Waals surface area contributed by atoms with Gasteiger partial charge in [0.2, 0.25) is 0 Å². The van der Waals surface area contributed by atoms with Gasteiger partial charge < -0.3 is 4.74 Å². The van der Waals surface area contributed by atoms with E-state index in [0.717, 1.165) is 32.5 Å². The van der Waals surface area contributed by atoms with Crippen LogP contribution in [0.2, 0.25) is 0 Å². The monoisotopic (exact) mass is 477 g/mol. The van der Waals surface area contributed by atoms with Crippen molar-refractivity contribution >= 4 is 22.4 Å². The Kier molecular flexibility index (Phi) is 9.11. The van der Waals surface area contributed by atoms with Crippen molar-refractivity contribution in [3.05, 3.63) is 76.8 Å². The molecule has 0 spiro atoms.